The molecule has 27 heavy (non-hydrogen) atoms. The molecule has 1 aromatic carbocycles. The van der Waals surface area contributed by atoms with Gasteiger partial charge in [0.1, 0.15) is 5.75 Å². The first-order valence-electron chi connectivity index (χ1n) is 8.28. The molecule has 0 fully saturated rings. The van der Waals surface area contributed by atoms with Gasteiger partial charge in [-0.3, -0.25) is 9.59 Å². The number of aromatic nitrogens is 2. The number of benzene rings is 1. The SMILES string of the molecule is CC(=O)C(C)Oc1cc(-n2c(=O)c(C)c(C)n(C)c2=O)c(C)cc1C.II. The lowest BCUT2D eigenvalue weighted by atomic mass is 10.1. The smallest absolute Gasteiger partial charge is 0.335 e. The van der Waals surface area contributed by atoms with Crippen LogP contribution < -0.4 is 16.0 Å². The van der Waals surface area contributed by atoms with Gasteiger partial charge in [0, 0.05) is 61.6 Å². The zero-order valence-corrected chi connectivity index (χ0v) is 20.8. The molecular weight excluding hydrogens is 574 g/mol. The summed E-state index contributed by atoms with van der Waals surface area (Å²) in [5.41, 5.74) is 2.47. The molecular formula is C19H24I2N2O4. The normalized spacial score (nSPS) is 11.4. The minimum atomic E-state index is -0.603. The number of carbonyl (C=O) groups is 1. The Morgan fingerprint density at radius 3 is 2.15 bits per heavy atom. The van der Waals surface area contributed by atoms with Crippen molar-refractivity contribution in [2.75, 3.05) is 0 Å². The van der Waals surface area contributed by atoms with Crippen LogP contribution in [0, 0.1) is 27.7 Å². The number of ketones is 1. The molecule has 1 aromatic heterocycles. The first-order chi connectivity index (χ1) is 12.6. The highest BCUT2D eigenvalue weighted by Gasteiger charge is 2.18. The van der Waals surface area contributed by atoms with Gasteiger partial charge in [0.15, 0.2) is 11.9 Å². The van der Waals surface area contributed by atoms with Gasteiger partial charge in [0.2, 0.25) is 0 Å². The highest BCUT2D eigenvalue weighted by molar-refractivity contribution is 15.0. The average molecular weight is 598 g/mol. The van der Waals surface area contributed by atoms with Gasteiger partial charge in [-0.1, -0.05) is 6.07 Å². The number of nitrogens with zero attached hydrogens (tertiary/aromatic N) is 2. The molecule has 1 heterocycles. The van der Waals surface area contributed by atoms with E-state index in [2.05, 4.69) is 37.2 Å². The summed E-state index contributed by atoms with van der Waals surface area (Å²) in [6, 6.07) is 3.50. The van der Waals surface area contributed by atoms with Crippen LogP contribution in [0.3, 0.4) is 0 Å². The average Bonchev–Trinajstić information content (AvgIpc) is 2.63. The maximum Gasteiger partial charge on any atom is 0.335 e. The fourth-order valence-corrected chi connectivity index (χ4v) is 2.63. The fraction of sp³-hybridized carbons (Fsp3) is 0.421. The molecule has 8 heteroatoms. The fourth-order valence-electron chi connectivity index (χ4n) is 2.63. The van der Waals surface area contributed by atoms with Crippen molar-refractivity contribution in [3.63, 3.8) is 0 Å². The van der Waals surface area contributed by atoms with E-state index in [-0.39, 0.29) is 11.3 Å². The number of aryl methyl sites for hydroxylation is 2. The summed E-state index contributed by atoms with van der Waals surface area (Å²) in [7, 11) is 1.64. The van der Waals surface area contributed by atoms with Crippen LogP contribution >= 0.6 is 37.2 Å². The molecule has 0 radical (unpaired) electrons. The Hall–Kier alpha value is -1.17. The zero-order chi connectivity index (χ0) is 21.0. The maximum absolute atomic E-state index is 12.7. The third-order valence-corrected chi connectivity index (χ3v) is 4.66. The van der Waals surface area contributed by atoms with E-state index in [1.807, 2.05) is 19.9 Å². The van der Waals surface area contributed by atoms with Crippen molar-refractivity contribution in [3.05, 3.63) is 55.4 Å². The van der Waals surface area contributed by atoms with Crippen LogP contribution in [0.15, 0.2) is 21.7 Å². The molecule has 2 rings (SSSR count). The highest BCUT2D eigenvalue weighted by Crippen LogP contribution is 2.25. The monoisotopic (exact) mass is 598 g/mol. The van der Waals surface area contributed by atoms with Gasteiger partial charge in [0.25, 0.3) is 5.56 Å². The van der Waals surface area contributed by atoms with Crippen LogP contribution in [0.5, 0.6) is 5.75 Å². The second kappa shape index (κ2) is 9.85. The summed E-state index contributed by atoms with van der Waals surface area (Å²) < 4.78 is 8.32. The maximum atomic E-state index is 12.7. The molecule has 0 N–H and O–H groups in total. The molecule has 0 amide bonds. The molecule has 1 unspecified atom stereocenters. The van der Waals surface area contributed by atoms with E-state index in [4.69, 9.17) is 4.74 Å². The lowest BCUT2D eigenvalue weighted by Crippen LogP contribution is -2.40. The lowest BCUT2D eigenvalue weighted by molar-refractivity contribution is -0.122. The molecule has 0 aliphatic carbocycles. The Kier molecular flexibility index (Phi) is 8.71. The zero-order valence-electron chi connectivity index (χ0n) is 16.5. The number of ether oxygens (including phenoxy) is 1. The van der Waals surface area contributed by atoms with E-state index < -0.39 is 11.8 Å². The highest BCUT2D eigenvalue weighted by atomic mass is 128. The van der Waals surface area contributed by atoms with Crippen molar-refractivity contribution < 1.29 is 9.53 Å². The van der Waals surface area contributed by atoms with E-state index in [1.165, 1.54) is 11.5 Å². The van der Waals surface area contributed by atoms with Crippen molar-refractivity contribution in [2.24, 2.45) is 7.05 Å². The van der Waals surface area contributed by atoms with Crippen LogP contribution in [-0.2, 0) is 11.8 Å². The molecule has 0 spiro atoms. The molecule has 1 atom stereocenters. The number of hydrogen-bond donors (Lipinski definition) is 0. The van der Waals surface area contributed by atoms with Crippen molar-refractivity contribution in [1.29, 1.82) is 0 Å². The first kappa shape index (κ1) is 23.9. The van der Waals surface area contributed by atoms with E-state index in [9.17, 15) is 14.4 Å². The van der Waals surface area contributed by atoms with Crippen molar-refractivity contribution in [3.8, 4) is 11.4 Å². The molecule has 0 saturated carbocycles. The number of Topliss-reactive ketones (excluding diaryl/α,β-unsaturated/α-hetero) is 1. The predicted molar refractivity (Wildman–Crippen MR) is 125 cm³/mol. The van der Waals surface area contributed by atoms with Crippen molar-refractivity contribution in [1.82, 2.24) is 9.13 Å². The summed E-state index contributed by atoms with van der Waals surface area (Å²) >= 11 is 4.24. The van der Waals surface area contributed by atoms with Gasteiger partial charge in [-0.25, -0.2) is 9.36 Å². The molecule has 0 saturated heterocycles. The Bertz CT molecular complexity index is 940. The number of carbonyl (C=O) groups excluding carboxylic acids is 1. The predicted octanol–water partition coefficient (Wildman–Crippen LogP) is 3.90. The minimum Gasteiger partial charge on any atom is -0.483 e. The lowest BCUT2D eigenvalue weighted by Gasteiger charge is -2.18. The molecule has 0 aliphatic heterocycles. The minimum absolute atomic E-state index is 0.0965. The van der Waals surface area contributed by atoms with Gasteiger partial charge >= 0.3 is 5.69 Å². The van der Waals surface area contributed by atoms with Crippen LogP contribution in [-0.4, -0.2) is 21.0 Å². The molecule has 0 bridgehead atoms. The van der Waals surface area contributed by atoms with E-state index in [0.29, 0.717) is 22.7 Å². The standard InChI is InChI=1S/C19H24N2O4.I2/c1-10-8-11(2)17(25-15(6)14(5)22)9-16(10)21-18(23)12(3)13(4)20(7)19(21)24;1-2/h8-9,15H,1-7H3;. The van der Waals surface area contributed by atoms with Crippen LogP contribution in [0.4, 0.5) is 0 Å². The first-order valence-corrected chi connectivity index (χ1v) is 14.6. The molecule has 148 valence electrons. The Morgan fingerprint density at radius 1 is 1.07 bits per heavy atom. The second-order valence-electron chi connectivity index (χ2n) is 6.47. The summed E-state index contributed by atoms with van der Waals surface area (Å²) in [6.45, 7) is 10.3. The second-order valence-corrected chi connectivity index (χ2v) is 6.47. The molecule has 0 aliphatic rings. The van der Waals surface area contributed by atoms with E-state index in [0.717, 1.165) is 15.7 Å². The van der Waals surface area contributed by atoms with Gasteiger partial charge in [0.05, 0.1) is 5.69 Å². The van der Waals surface area contributed by atoms with Crippen LogP contribution in [0.2, 0.25) is 0 Å². The summed E-state index contributed by atoms with van der Waals surface area (Å²) in [6.07, 6.45) is -0.603. The van der Waals surface area contributed by atoms with Crippen LogP contribution in [0.1, 0.15) is 36.2 Å². The number of halogens is 2. The summed E-state index contributed by atoms with van der Waals surface area (Å²) in [5.74, 6) is 0.385. The third kappa shape index (κ3) is 5.01. The topological polar surface area (TPSA) is 70.3 Å². The Labute approximate surface area is 182 Å². The Morgan fingerprint density at radius 2 is 1.63 bits per heavy atom. The van der Waals surface area contributed by atoms with Crippen molar-refractivity contribution in [2.45, 2.75) is 47.6 Å². The third-order valence-electron chi connectivity index (χ3n) is 4.66. The van der Waals surface area contributed by atoms with Gasteiger partial charge < -0.3 is 9.30 Å². The van der Waals surface area contributed by atoms with Gasteiger partial charge in [-0.15, -0.1) is 0 Å². The molecule has 2 aromatic rings. The summed E-state index contributed by atoms with van der Waals surface area (Å²) in [4.78, 5) is 36.9. The van der Waals surface area contributed by atoms with Crippen molar-refractivity contribution >= 4 is 43.0 Å². The van der Waals surface area contributed by atoms with Gasteiger partial charge in [-0.05, 0) is 52.7 Å². The van der Waals surface area contributed by atoms with Gasteiger partial charge in [-0.2, -0.15) is 0 Å². The number of hydrogen-bond acceptors (Lipinski definition) is 4. The van der Waals surface area contributed by atoms with E-state index >= 15 is 0 Å². The Balaban J connectivity index is 0.00000176. The van der Waals surface area contributed by atoms with Crippen LogP contribution in [0.25, 0.3) is 5.69 Å². The summed E-state index contributed by atoms with van der Waals surface area (Å²) in [5, 5.41) is 0. The largest absolute Gasteiger partial charge is 0.483 e. The quantitative estimate of drug-likeness (QED) is 0.502. The van der Waals surface area contributed by atoms with E-state index in [1.54, 1.807) is 33.9 Å². The molecule has 6 nitrogen and oxygen atoms in total. The number of rotatable bonds is 4.